The van der Waals surface area contributed by atoms with Crippen molar-refractivity contribution in [2.24, 2.45) is 0 Å². The van der Waals surface area contributed by atoms with Gasteiger partial charge >= 0.3 is 0 Å². The number of carbonyl (C=O) groups is 1. The van der Waals surface area contributed by atoms with E-state index in [1.165, 1.54) is 6.08 Å². The number of nitrogens with zero attached hydrogens (tertiary/aromatic N) is 1. The third-order valence-electron chi connectivity index (χ3n) is 4.90. The second-order valence-corrected chi connectivity index (χ2v) is 9.20. The van der Waals surface area contributed by atoms with Gasteiger partial charge in [-0.1, -0.05) is 47.5 Å². The summed E-state index contributed by atoms with van der Waals surface area (Å²) < 4.78 is 12.7. The lowest BCUT2D eigenvalue weighted by atomic mass is 10.1. The molecule has 0 saturated carbocycles. The van der Waals surface area contributed by atoms with Crippen molar-refractivity contribution in [3.05, 3.63) is 91.0 Å². The predicted octanol–water partition coefficient (Wildman–Crippen LogP) is 7.08. The standard InChI is InChI=1S/C27H24ClIN2O3/c1-4-33-25-13-20(12-24(29)26(25)34-16-19-7-5-6-17(2)10-19)11-21(15-30)27(32)31-22-9-8-18(3)23(28)14-22/h5-14H,4,16H2,1-3H3,(H,31,32)/b21-11-. The van der Waals surface area contributed by atoms with Crippen LogP contribution in [0.15, 0.2) is 60.2 Å². The molecule has 0 aliphatic heterocycles. The van der Waals surface area contributed by atoms with E-state index in [1.807, 2.05) is 51.1 Å². The maximum absolute atomic E-state index is 12.7. The van der Waals surface area contributed by atoms with Gasteiger partial charge in [-0.05, 0) is 90.4 Å². The summed E-state index contributed by atoms with van der Waals surface area (Å²) in [6, 6.07) is 18.9. The van der Waals surface area contributed by atoms with Crippen molar-refractivity contribution in [3.8, 4) is 17.6 Å². The average molecular weight is 587 g/mol. The number of carbonyl (C=O) groups excluding carboxylic acids is 1. The molecule has 0 spiro atoms. The van der Waals surface area contributed by atoms with E-state index in [-0.39, 0.29) is 5.57 Å². The molecule has 5 nitrogen and oxygen atoms in total. The minimum atomic E-state index is -0.518. The summed E-state index contributed by atoms with van der Waals surface area (Å²) in [7, 11) is 0. The number of ether oxygens (including phenoxy) is 2. The van der Waals surface area contributed by atoms with Gasteiger partial charge in [0.25, 0.3) is 5.91 Å². The molecule has 0 heterocycles. The molecular formula is C27H24ClIN2O3. The molecule has 3 aromatic rings. The zero-order chi connectivity index (χ0) is 24.7. The molecule has 0 radical (unpaired) electrons. The minimum absolute atomic E-state index is 0.0385. The summed E-state index contributed by atoms with van der Waals surface area (Å²) in [5, 5.41) is 12.9. The first-order valence-corrected chi connectivity index (χ1v) is 12.1. The van der Waals surface area contributed by atoms with Crippen molar-refractivity contribution in [1.29, 1.82) is 5.26 Å². The van der Waals surface area contributed by atoms with Gasteiger partial charge in [0.1, 0.15) is 18.2 Å². The van der Waals surface area contributed by atoms with Crippen molar-refractivity contribution in [2.45, 2.75) is 27.4 Å². The number of nitriles is 1. The molecule has 7 heteroatoms. The fraction of sp³-hybridized carbons (Fsp3) is 0.185. The lowest BCUT2D eigenvalue weighted by molar-refractivity contribution is -0.112. The Hall–Kier alpha value is -3.02. The van der Waals surface area contributed by atoms with Crippen molar-refractivity contribution in [3.63, 3.8) is 0 Å². The number of rotatable bonds is 8. The summed E-state index contributed by atoms with van der Waals surface area (Å²) in [6.07, 6.45) is 1.53. The molecule has 0 aliphatic carbocycles. The third-order valence-corrected chi connectivity index (χ3v) is 6.11. The summed E-state index contributed by atoms with van der Waals surface area (Å²) >= 11 is 8.30. The Morgan fingerprint density at radius 3 is 2.62 bits per heavy atom. The van der Waals surface area contributed by atoms with Crippen molar-refractivity contribution >= 4 is 51.9 Å². The van der Waals surface area contributed by atoms with Gasteiger partial charge in [0, 0.05) is 10.7 Å². The van der Waals surface area contributed by atoms with Crippen LogP contribution in [0.4, 0.5) is 5.69 Å². The normalized spacial score (nSPS) is 11.0. The Bertz CT molecular complexity index is 1280. The molecule has 0 atom stereocenters. The van der Waals surface area contributed by atoms with Crippen LogP contribution in [0.2, 0.25) is 5.02 Å². The molecule has 3 aromatic carbocycles. The van der Waals surface area contributed by atoms with Crippen LogP contribution in [-0.2, 0) is 11.4 Å². The minimum Gasteiger partial charge on any atom is -0.490 e. The van der Waals surface area contributed by atoms with Gasteiger partial charge in [-0.15, -0.1) is 0 Å². The van der Waals surface area contributed by atoms with E-state index in [9.17, 15) is 10.1 Å². The fourth-order valence-corrected chi connectivity index (χ4v) is 4.18. The van der Waals surface area contributed by atoms with Crippen LogP contribution in [0.3, 0.4) is 0 Å². The first-order chi connectivity index (χ1) is 16.3. The molecule has 0 fully saturated rings. The van der Waals surface area contributed by atoms with Gasteiger partial charge in [0.15, 0.2) is 11.5 Å². The Kier molecular flexibility index (Phi) is 8.97. The van der Waals surface area contributed by atoms with Crippen LogP contribution >= 0.6 is 34.2 Å². The number of hydrogen-bond acceptors (Lipinski definition) is 4. The predicted molar refractivity (Wildman–Crippen MR) is 144 cm³/mol. The monoisotopic (exact) mass is 586 g/mol. The Balaban J connectivity index is 1.85. The second kappa shape index (κ2) is 11.9. The topological polar surface area (TPSA) is 71.3 Å². The van der Waals surface area contributed by atoms with Gasteiger partial charge in [0.2, 0.25) is 0 Å². The molecule has 0 aliphatic rings. The zero-order valence-electron chi connectivity index (χ0n) is 19.1. The van der Waals surface area contributed by atoms with Gasteiger partial charge in [-0.2, -0.15) is 5.26 Å². The highest BCUT2D eigenvalue weighted by atomic mass is 127. The van der Waals surface area contributed by atoms with E-state index in [0.29, 0.717) is 41.0 Å². The highest BCUT2D eigenvalue weighted by molar-refractivity contribution is 14.1. The SMILES string of the molecule is CCOc1cc(/C=C(/C#N)C(=O)Nc2ccc(C)c(Cl)c2)cc(I)c1OCc1cccc(C)c1. The fourth-order valence-electron chi connectivity index (χ4n) is 3.22. The molecular weight excluding hydrogens is 563 g/mol. The molecule has 0 aromatic heterocycles. The summed E-state index contributed by atoms with van der Waals surface area (Å²) in [6.45, 7) is 6.65. The molecule has 174 valence electrons. The number of benzene rings is 3. The van der Waals surface area contributed by atoms with Crippen LogP contribution in [0.25, 0.3) is 6.08 Å². The van der Waals surface area contributed by atoms with E-state index in [2.05, 4.69) is 34.0 Å². The van der Waals surface area contributed by atoms with Crippen LogP contribution in [0, 0.1) is 28.7 Å². The number of nitrogens with one attached hydrogen (secondary N) is 1. The van der Waals surface area contributed by atoms with Gasteiger partial charge < -0.3 is 14.8 Å². The lowest BCUT2D eigenvalue weighted by Crippen LogP contribution is -2.13. The van der Waals surface area contributed by atoms with Crippen LogP contribution in [0.1, 0.15) is 29.2 Å². The number of amides is 1. The first-order valence-electron chi connectivity index (χ1n) is 10.6. The summed E-state index contributed by atoms with van der Waals surface area (Å²) in [5.41, 5.74) is 4.26. The number of hydrogen-bond donors (Lipinski definition) is 1. The molecule has 1 N–H and O–H groups in total. The van der Waals surface area contributed by atoms with Crippen LogP contribution in [0.5, 0.6) is 11.5 Å². The highest BCUT2D eigenvalue weighted by Crippen LogP contribution is 2.35. The van der Waals surface area contributed by atoms with E-state index < -0.39 is 5.91 Å². The van der Waals surface area contributed by atoms with Crippen LogP contribution in [-0.4, -0.2) is 12.5 Å². The van der Waals surface area contributed by atoms with Crippen LogP contribution < -0.4 is 14.8 Å². The number of halogens is 2. The average Bonchev–Trinajstić information content (AvgIpc) is 2.79. The smallest absolute Gasteiger partial charge is 0.266 e. The summed E-state index contributed by atoms with van der Waals surface area (Å²) in [5.74, 6) is 0.657. The van der Waals surface area contributed by atoms with E-state index in [4.69, 9.17) is 21.1 Å². The van der Waals surface area contributed by atoms with Gasteiger partial charge in [0.05, 0.1) is 10.2 Å². The Labute approximate surface area is 218 Å². The Morgan fingerprint density at radius 1 is 1.15 bits per heavy atom. The molecule has 0 saturated heterocycles. The molecule has 34 heavy (non-hydrogen) atoms. The quantitative estimate of drug-likeness (QED) is 0.174. The maximum Gasteiger partial charge on any atom is 0.266 e. The molecule has 3 rings (SSSR count). The third kappa shape index (κ3) is 6.75. The first kappa shape index (κ1) is 25.6. The maximum atomic E-state index is 12.7. The van der Waals surface area contributed by atoms with Gasteiger partial charge in [-0.3, -0.25) is 4.79 Å². The zero-order valence-corrected chi connectivity index (χ0v) is 22.0. The number of anilines is 1. The number of aryl methyl sites for hydroxylation is 2. The van der Waals surface area contributed by atoms with Crippen molar-refractivity contribution in [2.75, 3.05) is 11.9 Å². The Morgan fingerprint density at radius 2 is 1.94 bits per heavy atom. The molecule has 0 unspecified atom stereocenters. The molecule has 1 amide bonds. The van der Waals surface area contributed by atoms with Crippen molar-refractivity contribution < 1.29 is 14.3 Å². The van der Waals surface area contributed by atoms with E-state index >= 15 is 0 Å². The van der Waals surface area contributed by atoms with Crippen molar-refractivity contribution in [1.82, 2.24) is 0 Å². The van der Waals surface area contributed by atoms with E-state index in [0.717, 1.165) is 20.3 Å². The van der Waals surface area contributed by atoms with Gasteiger partial charge in [-0.25, -0.2) is 0 Å². The highest BCUT2D eigenvalue weighted by Gasteiger charge is 2.15. The lowest BCUT2D eigenvalue weighted by Gasteiger charge is -2.15. The molecule has 0 bridgehead atoms. The summed E-state index contributed by atoms with van der Waals surface area (Å²) in [4.78, 5) is 12.7. The largest absolute Gasteiger partial charge is 0.490 e. The second-order valence-electron chi connectivity index (χ2n) is 7.63. The van der Waals surface area contributed by atoms with E-state index in [1.54, 1.807) is 24.3 Å².